The summed E-state index contributed by atoms with van der Waals surface area (Å²) in [5, 5.41) is 9.15. The number of aromatic carboxylic acids is 1. The van der Waals surface area contributed by atoms with E-state index in [4.69, 9.17) is 5.11 Å². The average molecular weight is 390 g/mol. The van der Waals surface area contributed by atoms with Gasteiger partial charge in [-0.1, -0.05) is 0 Å². The molecule has 2 rings (SSSR count). The standard InChI is InChI=1S/C13H12BrNO4S2/c1-7-5-9(6-10(8(7)2)13(16)17)15-21(18,19)12-4-3-11(14)20-12/h3-6,15H,1-2H3,(H,16,17). The third-order valence-electron chi connectivity index (χ3n) is 2.96. The highest BCUT2D eigenvalue weighted by molar-refractivity contribution is 9.11. The summed E-state index contributed by atoms with van der Waals surface area (Å²) in [6.45, 7) is 3.43. The van der Waals surface area contributed by atoms with Gasteiger partial charge in [0.05, 0.1) is 9.35 Å². The molecule has 21 heavy (non-hydrogen) atoms. The van der Waals surface area contributed by atoms with Crippen molar-refractivity contribution in [2.45, 2.75) is 18.1 Å². The lowest BCUT2D eigenvalue weighted by Gasteiger charge is -2.11. The maximum atomic E-state index is 12.2. The normalized spacial score (nSPS) is 11.4. The number of sulfonamides is 1. The Labute approximate surface area is 134 Å². The molecular formula is C13H12BrNO4S2. The summed E-state index contributed by atoms with van der Waals surface area (Å²) < 4.78 is 27.7. The summed E-state index contributed by atoms with van der Waals surface area (Å²) in [7, 11) is -3.72. The van der Waals surface area contributed by atoms with Gasteiger partial charge in [-0.05, 0) is 65.2 Å². The highest BCUT2D eigenvalue weighted by Gasteiger charge is 2.18. The molecule has 0 saturated carbocycles. The minimum atomic E-state index is -3.72. The molecule has 2 aromatic rings. The van der Waals surface area contributed by atoms with Crippen molar-refractivity contribution >= 4 is 48.9 Å². The second-order valence-electron chi connectivity index (χ2n) is 4.43. The van der Waals surface area contributed by atoms with Crippen LogP contribution >= 0.6 is 27.3 Å². The fourth-order valence-corrected chi connectivity index (χ4v) is 4.84. The smallest absolute Gasteiger partial charge is 0.336 e. The minimum absolute atomic E-state index is 0.0834. The number of benzene rings is 1. The molecule has 0 fully saturated rings. The molecule has 0 radical (unpaired) electrons. The van der Waals surface area contributed by atoms with Crippen molar-refractivity contribution in [3.8, 4) is 0 Å². The van der Waals surface area contributed by atoms with Gasteiger partial charge >= 0.3 is 5.97 Å². The SMILES string of the molecule is Cc1cc(NS(=O)(=O)c2ccc(Br)s2)cc(C(=O)O)c1C. The summed E-state index contributed by atoms with van der Waals surface area (Å²) >= 11 is 4.29. The van der Waals surface area contributed by atoms with Crippen LogP contribution in [0.2, 0.25) is 0 Å². The third kappa shape index (κ3) is 3.45. The maximum Gasteiger partial charge on any atom is 0.336 e. The first-order chi connectivity index (χ1) is 9.70. The quantitative estimate of drug-likeness (QED) is 0.835. The van der Waals surface area contributed by atoms with E-state index in [0.717, 1.165) is 11.3 Å². The van der Waals surface area contributed by atoms with Crippen molar-refractivity contribution < 1.29 is 18.3 Å². The molecule has 5 nitrogen and oxygen atoms in total. The monoisotopic (exact) mass is 389 g/mol. The number of anilines is 1. The van der Waals surface area contributed by atoms with E-state index >= 15 is 0 Å². The topological polar surface area (TPSA) is 83.5 Å². The van der Waals surface area contributed by atoms with Crippen LogP contribution in [-0.2, 0) is 10.0 Å². The Bertz CT molecular complexity index is 812. The molecule has 112 valence electrons. The van der Waals surface area contributed by atoms with Crippen molar-refractivity contribution in [3.63, 3.8) is 0 Å². The molecule has 1 aromatic heterocycles. The van der Waals surface area contributed by atoms with E-state index in [1.807, 2.05) is 0 Å². The number of halogens is 1. The van der Waals surface area contributed by atoms with Crippen molar-refractivity contribution in [1.82, 2.24) is 0 Å². The molecule has 0 saturated heterocycles. The molecule has 0 aliphatic carbocycles. The summed E-state index contributed by atoms with van der Waals surface area (Å²) in [6.07, 6.45) is 0. The van der Waals surface area contributed by atoms with Gasteiger partial charge in [-0.15, -0.1) is 11.3 Å². The van der Waals surface area contributed by atoms with E-state index in [2.05, 4.69) is 20.7 Å². The van der Waals surface area contributed by atoms with E-state index in [0.29, 0.717) is 14.9 Å². The highest BCUT2D eigenvalue weighted by Crippen LogP contribution is 2.28. The molecule has 1 aromatic carbocycles. The molecule has 0 amide bonds. The summed E-state index contributed by atoms with van der Waals surface area (Å²) in [6, 6.07) is 6.06. The predicted octanol–water partition coefficient (Wildman–Crippen LogP) is 3.63. The van der Waals surface area contributed by atoms with Crippen LogP contribution in [-0.4, -0.2) is 19.5 Å². The second kappa shape index (κ2) is 5.78. The van der Waals surface area contributed by atoms with Crippen LogP contribution in [0.4, 0.5) is 5.69 Å². The number of thiophene rings is 1. The van der Waals surface area contributed by atoms with E-state index in [1.54, 1.807) is 26.0 Å². The molecule has 2 N–H and O–H groups in total. The van der Waals surface area contributed by atoms with Crippen LogP contribution in [0.3, 0.4) is 0 Å². The lowest BCUT2D eigenvalue weighted by Crippen LogP contribution is -2.13. The number of aryl methyl sites for hydroxylation is 1. The zero-order valence-electron chi connectivity index (χ0n) is 11.2. The third-order valence-corrected chi connectivity index (χ3v) is 6.46. The number of hydrogen-bond donors (Lipinski definition) is 2. The Morgan fingerprint density at radius 1 is 1.29 bits per heavy atom. The van der Waals surface area contributed by atoms with Crippen molar-refractivity contribution in [3.05, 3.63) is 44.7 Å². The molecule has 0 unspecified atom stereocenters. The number of carboxylic acid groups (broad SMARTS) is 1. The number of hydrogen-bond acceptors (Lipinski definition) is 4. The number of nitrogens with one attached hydrogen (secondary N) is 1. The van der Waals surface area contributed by atoms with Gasteiger partial charge < -0.3 is 5.11 Å². The lowest BCUT2D eigenvalue weighted by molar-refractivity contribution is 0.0696. The molecule has 0 aliphatic rings. The lowest BCUT2D eigenvalue weighted by atomic mass is 10.0. The van der Waals surface area contributed by atoms with Crippen LogP contribution in [0.15, 0.2) is 32.3 Å². The van der Waals surface area contributed by atoms with Gasteiger partial charge in [0.25, 0.3) is 10.0 Å². The predicted molar refractivity (Wildman–Crippen MR) is 85.7 cm³/mol. The Morgan fingerprint density at radius 2 is 1.95 bits per heavy atom. The summed E-state index contributed by atoms with van der Waals surface area (Å²) in [4.78, 5) is 11.2. The number of carbonyl (C=O) groups is 1. The first-order valence-corrected chi connectivity index (χ1v) is 8.92. The molecular weight excluding hydrogens is 378 g/mol. The van der Waals surface area contributed by atoms with Crippen molar-refractivity contribution in [2.75, 3.05) is 4.72 Å². The Morgan fingerprint density at radius 3 is 2.48 bits per heavy atom. The number of carboxylic acids is 1. The Balaban J connectivity index is 2.42. The summed E-state index contributed by atoms with van der Waals surface area (Å²) in [5.74, 6) is -1.09. The van der Waals surface area contributed by atoms with Crippen LogP contribution in [0.5, 0.6) is 0 Å². The maximum absolute atomic E-state index is 12.2. The van der Waals surface area contributed by atoms with Gasteiger partial charge in [0.15, 0.2) is 0 Å². The molecule has 0 bridgehead atoms. The molecule has 1 heterocycles. The van der Waals surface area contributed by atoms with Crippen LogP contribution < -0.4 is 4.72 Å². The van der Waals surface area contributed by atoms with Gasteiger partial charge in [0.1, 0.15) is 4.21 Å². The first kappa shape index (κ1) is 16.0. The molecule has 8 heteroatoms. The fourth-order valence-electron chi connectivity index (χ4n) is 1.79. The van der Waals surface area contributed by atoms with E-state index < -0.39 is 16.0 Å². The largest absolute Gasteiger partial charge is 0.478 e. The average Bonchev–Trinajstić information content (AvgIpc) is 2.80. The minimum Gasteiger partial charge on any atom is -0.478 e. The molecule has 0 atom stereocenters. The van der Waals surface area contributed by atoms with Crippen LogP contribution in [0, 0.1) is 13.8 Å². The van der Waals surface area contributed by atoms with Gasteiger partial charge in [0, 0.05) is 5.69 Å². The molecule has 0 spiro atoms. The van der Waals surface area contributed by atoms with Crippen molar-refractivity contribution in [2.24, 2.45) is 0 Å². The summed E-state index contributed by atoms with van der Waals surface area (Å²) in [5.41, 5.74) is 1.64. The fraction of sp³-hybridized carbons (Fsp3) is 0.154. The first-order valence-electron chi connectivity index (χ1n) is 5.83. The van der Waals surface area contributed by atoms with E-state index in [1.165, 1.54) is 12.1 Å². The number of rotatable bonds is 4. The van der Waals surface area contributed by atoms with E-state index in [9.17, 15) is 13.2 Å². The van der Waals surface area contributed by atoms with Gasteiger partial charge in [-0.2, -0.15) is 0 Å². The van der Waals surface area contributed by atoms with Gasteiger partial charge in [0.2, 0.25) is 0 Å². The Hall–Kier alpha value is -1.38. The van der Waals surface area contributed by atoms with Crippen molar-refractivity contribution in [1.29, 1.82) is 0 Å². The van der Waals surface area contributed by atoms with Gasteiger partial charge in [-0.25, -0.2) is 13.2 Å². The highest BCUT2D eigenvalue weighted by atomic mass is 79.9. The zero-order chi connectivity index (χ0) is 15.8. The zero-order valence-corrected chi connectivity index (χ0v) is 14.4. The van der Waals surface area contributed by atoms with Gasteiger partial charge in [-0.3, -0.25) is 4.72 Å². The molecule has 0 aliphatic heterocycles. The second-order valence-corrected chi connectivity index (χ2v) is 8.81. The van der Waals surface area contributed by atoms with Crippen LogP contribution in [0.25, 0.3) is 0 Å². The Kier molecular flexibility index (Phi) is 4.40. The van der Waals surface area contributed by atoms with Crippen LogP contribution in [0.1, 0.15) is 21.5 Å². The van der Waals surface area contributed by atoms with E-state index in [-0.39, 0.29) is 15.5 Å².